The van der Waals surface area contributed by atoms with E-state index in [1.165, 1.54) is 40.6 Å². The molecule has 18 heteroatoms. The number of benzene rings is 4. The number of hydrogen-bond donors (Lipinski definition) is 2. The number of allylic oxidation sites excluding steroid dienone is 2. The van der Waals surface area contributed by atoms with Gasteiger partial charge < -0.3 is 15.0 Å². The molecule has 0 bridgehead atoms. The van der Waals surface area contributed by atoms with Crippen molar-refractivity contribution in [1.29, 1.82) is 0 Å². The van der Waals surface area contributed by atoms with E-state index in [1.54, 1.807) is 12.1 Å². The van der Waals surface area contributed by atoms with Gasteiger partial charge in [-0.2, -0.15) is 13.2 Å². The zero-order valence-corrected chi connectivity index (χ0v) is 40.6. The number of sulfonamides is 1. The molecule has 4 aromatic carbocycles. The van der Waals surface area contributed by atoms with E-state index in [1.807, 2.05) is 53.3 Å². The molecular formula is C49H57ClF3N5O6S3. The summed E-state index contributed by atoms with van der Waals surface area (Å²) >= 11 is 7.67. The van der Waals surface area contributed by atoms with Crippen LogP contribution in [0.5, 0.6) is 0 Å². The smallest absolute Gasteiger partial charge is 0.380 e. The largest absolute Gasteiger partial charge is 0.501 e. The van der Waals surface area contributed by atoms with Gasteiger partial charge in [-0.1, -0.05) is 60.5 Å². The minimum atomic E-state index is -6.06. The van der Waals surface area contributed by atoms with Crippen LogP contribution < -0.4 is 14.9 Å². The molecule has 2 heterocycles. The van der Waals surface area contributed by atoms with Crippen molar-refractivity contribution in [3.63, 3.8) is 0 Å². The Morgan fingerprint density at radius 1 is 0.910 bits per heavy atom. The molecule has 2 fully saturated rings. The lowest BCUT2D eigenvalue weighted by molar-refractivity contribution is -0.0435. The first kappa shape index (κ1) is 50.5. The van der Waals surface area contributed by atoms with Crippen LogP contribution in [-0.2, 0) is 24.6 Å². The quantitative estimate of drug-likeness (QED) is 0.0732. The van der Waals surface area contributed by atoms with Crippen LogP contribution in [0.3, 0.4) is 0 Å². The van der Waals surface area contributed by atoms with Crippen LogP contribution >= 0.6 is 23.4 Å². The maximum absolute atomic E-state index is 14.2. The number of thioether (sulfide) groups is 1. The fraction of sp³-hybridized carbons (Fsp3) is 0.408. The molecule has 2 N–H and O–H groups in total. The van der Waals surface area contributed by atoms with E-state index in [4.69, 9.17) is 16.3 Å². The Kier molecular flexibility index (Phi) is 16.5. The highest BCUT2D eigenvalue weighted by Gasteiger charge is 2.48. The highest BCUT2D eigenvalue weighted by atomic mass is 35.5. The van der Waals surface area contributed by atoms with Crippen molar-refractivity contribution in [3.8, 4) is 0 Å². The number of piperazine rings is 1. The number of anilines is 2. The molecule has 0 radical (unpaired) electrons. The minimum absolute atomic E-state index is 0.00653. The molecule has 2 saturated heterocycles. The summed E-state index contributed by atoms with van der Waals surface area (Å²) < 4.78 is 103. The second kappa shape index (κ2) is 21.9. The van der Waals surface area contributed by atoms with E-state index in [0.29, 0.717) is 56.1 Å². The molecule has 1 unspecified atom stereocenters. The zero-order chi connectivity index (χ0) is 47.8. The Morgan fingerprint density at radius 3 is 2.25 bits per heavy atom. The van der Waals surface area contributed by atoms with Crippen molar-refractivity contribution < 1.29 is 39.5 Å². The SMILES string of the molecule is C=CC[C@@]1(C)CCC(c2ccc(Cl)cc2)=C(CN2CCN(c3ccc(C(=O)NS(=O)(=O)c4ccc(NC(CCN5CCOCC5)CSc5ccccc5)c(S(=O)(=O)C(F)(F)F)c4)cc3)CC2)C1. The molecule has 0 spiro atoms. The van der Waals surface area contributed by atoms with Gasteiger partial charge in [0.1, 0.15) is 4.90 Å². The third kappa shape index (κ3) is 13.0. The monoisotopic (exact) mass is 999 g/mol. The molecule has 11 nitrogen and oxygen atoms in total. The van der Waals surface area contributed by atoms with Crippen LogP contribution in [0.1, 0.15) is 54.9 Å². The Bertz CT molecular complexity index is 2610. The van der Waals surface area contributed by atoms with Gasteiger partial charge in [0, 0.05) is 85.3 Å². The van der Waals surface area contributed by atoms with E-state index in [2.05, 4.69) is 45.7 Å². The number of nitrogens with zero attached hydrogens (tertiary/aromatic N) is 3. The van der Waals surface area contributed by atoms with Gasteiger partial charge in [0.15, 0.2) is 0 Å². The Balaban J connectivity index is 1.02. The standard InChI is InChI=1S/C49H57ClF3N5O6S3/c1-3-21-48(2)22-19-44(36-9-13-39(50)14-10-36)38(33-48)34-57-24-26-58(27-25-57)41-15-11-37(12-16-41)47(59)55-67(62,63)43-17-18-45(46(32-43)66(60,61)49(51,52)53)54-40(20-23-56-28-30-64-31-29-56)35-65-42-7-5-4-6-8-42/h3-18,32,40,54H,1,19-31,33-35H2,2H3,(H,55,59)/t40?,48-/m0/s1. The van der Waals surface area contributed by atoms with Crippen molar-refractivity contribution in [2.75, 3.05) is 81.5 Å². The summed E-state index contributed by atoms with van der Waals surface area (Å²) in [5.74, 6) is -0.660. The molecular weight excluding hydrogens is 943 g/mol. The first-order valence-electron chi connectivity index (χ1n) is 22.4. The lowest BCUT2D eigenvalue weighted by atomic mass is 9.69. The third-order valence-corrected chi connectivity index (χ3v) is 17.0. The van der Waals surface area contributed by atoms with Gasteiger partial charge in [0.25, 0.3) is 25.8 Å². The molecule has 360 valence electrons. The number of alkyl halides is 3. The number of hydrogen-bond acceptors (Lipinski definition) is 11. The zero-order valence-electron chi connectivity index (χ0n) is 37.4. The summed E-state index contributed by atoms with van der Waals surface area (Å²) in [6, 6.07) is 25.8. The Morgan fingerprint density at radius 2 is 1.60 bits per heavy atom. The van der Waals surface area contributed by atoms with Crippen LogP contribution in [0.4, 0.5) is 24.5 Å². The van der Waals surface area contributed by atoms with E-state index >= 15 is 0 Å². The molecule has 7 rings (SSSR count). The van der Waals surface area contributed by atoms with E-state index in [-0.39, 0.29) is 11.0 Å². The van der Waals surface area contributed by atoms with Crippen molar-refractivity contribution >= 4 is 66.1 Å². The van der Waals surface area contributed by atoms with Gasteiger partial charge in [-0.05, 0) is 115 Å². The number of morpholine rings is 1. The number of halogens is 4. The first-order valence-corrected chi connectivity index (χ1v) is 26.7. The minimum Gasteiger partial charge on any atom is -0.380 e. The predicted molar refractivity (Wildman–Crippen MR) is 261 cm³/mol. The van der Waals surface area contributed by atoms with Gasteiger partial charge in [-0.25, -0.2) is 21.6 Å². The number of carbonyl (C=O) groups is 1. The highest BCUT2D eigenvalue weighted by molar-refractivity contribution is 7.99. The third-order valence-electron chi connectivity index (χ3n) is 12.7. The van der Waals surface area contributed by atoms with E-state index in [9.17, 15) is 34.8 Å². The molecule has 3 aliphatic rings. The molecule has 2 aliphatic heterocycles. The lowest BCUT2D eigenvalue weighted by Gasteiger charge is -2.40. The Labute approximate surface area is 401 Å². The van der Waals surface area contributed by atoms with Gasteiger partial charge in [-0.15, -0.1) is 18.3 Å². The second-order valence-corrected chi connectivity index (χ2v) is 22.8. The fourth-order valence-electron chi connectivity index (χ4n) is 8.91. The Hall–Kier alpha value is -4.36. The number of nitrogens with one attached hydrogen (secondary N) is 2. The summed E-state index contributed by atoms with van der Waals surface area (Å²) in [7, 11) is -10.9. The highest BCUT2D eigenvalue weighted by Crippen LogP contribution is 2.45. The summed E-state index contributed by atoms with van der Waals surface area (Å²) in [4.78, 5) is 19.0. The number of rotatable bonds is 18. The molecule has 1 amide bonds. The van der Waals surface area contributed by atoms with Gasteiger partial charge >= 0.3 is 5.51 Å². The normalized spacial score (nSPS) is 19.5. The van der Waals surface area contributed by atoms with Crippen LogP contribution in [-0.4, -0.2) is 115 Å². The van der Waals surface area contributed by atoms with Crippen LogP contribution in [0.25, 0.3) is 5.57 Å². The maximum atomic E-state index is 14.2. The predicted octanol–water partition coefficient (Wildman–Crippen LogP) is 9.39. The fourth-order valence-corrected chi connectivity index (χ4v) is 12.1. The number of sulfone groups is 1. The van der Waals surface area contributed by atoms with Gasteiger partial charge in [0.2, 0.25) is 0 Å². The van der Waals surface area contributed by atoms with Crippen molar-refractivity contribution in [2.24, 2.45) is 5.41 Å². The van der Waals surface area contributed by atoms with Gasteiger partial charge in [-0.3, -0.25) is 14.6 Å². The maximum Gasteiger partial charge on any atom is 0.501 e. The molecule has 4 aromatic rings. The average Bonchev–Trinajstić information content (AvgIpc) is 3.31. The van der Waals surface area contributed by atoms with E-state index < -0.39 is 52.8 Å². The summed E-state index contributed by atoms with van der Waals surface area (Å²) in [5.41, 5.74) is -1.15. The summed E-state index contributed by atoms with van der Waals surface area (Å²) in [5, 5.41) is 3.70. The molecule has 2 atom stereocenters. The summed E-state index contributed by atoms with van der Waals surface area (Å²) in [6.07, 6.45) is 6.45. The van der Waals surface area contributed by atoms with Crippen molar-refractivity contribution in [2.45, 2.75) is 65.3 Å². The van der Waals surface area contributed by atoms with E-state index in [0.717, 1.165) is 81.1 Å². The number of ether oxygens (including phenoxy) is 1. The molecule has 1 aliphatic carbocycles. The molecule has 0 saturated carbocycles. The lowest BCUT2D eigenvalue weighted by Crippen LogP contribution is -2.47. The topological polar surface area (TPSA) is 128 Å². The van der Waals surface area contributed by atoms with Crippen LogP contribution in [0, 0.1) is 5.41 Å². The number of amides is 1. The number of carbonyl (C=O) groups excluding carboxylic acids is 1. The van der Waals surface area contributed by atoms with Crippen LogP contribution in [0.2, 0.25) is 5.02 Å². The van der Waals surface area contributed by atoms with Gasteiger partial charge in [0.05, 0.1) is 23.8 Å². The van der Waals surface area contributed by atoms with Crippen molar-refractivity contribution in [3.05, 3.63) is 131 Å². The first-order chi connectivity index (χ1) is 31.9. The van der Waals surface area contributed by atoms with Crippen LogP contribution in [0.15, 0.2) is 130 Å². The molecule has 67 heavy (non-hydrogen) atoms. The second-order valence-electron chi connectivity index (χ2n) is 17.6. The van der Waals surface area contributed by atoms with Crippen molar-refractivity contribution in [1.82, 2.24) is 14.5 Å². The average molecular weight is 1000 g/mol. The summed E-state index contributed by atoms with van der Waals surface area (Å²) in [6.45, 7) is 13.3. The molecule has 0 aromatic heterocycles.